The average Bonchev–Trinajstić information content (AvgIpc) is 2.27. The van der Waals surface area contributed by atoms with Crippen molar-refractivity contribution < 1.29 is 15.0 Å². The highest BCUT2D eigenvalue weighted by atomic mass is 16.3. The number of aromatic hydroxyl groups is 1. The van der Waals surface area contributed by atoms with Gasteiger partial charge in [0.1, 0.15) is 5.75 Å². The smallest absolute Gasteiger partial charge is 0.255 e. The Balaban J connectivity index is 2.50. The fourth-order valence-electron chi connectivity index (χ4n) is 1.32. The zero-order valence-corrected chi connectivity index (χ0v) is 9.18. The molecular formula is C11H16N2O3. The Labute approximate surface area is 94.1 Å². The molecule has 5 heteroatoms. The minimum absolute atomic E-state index is 0.162. The number of hydrogen-bond acceptors (Lipinski definition) is 4. The van der Waals surface area contributed by atoms with Crippen LogP contribution in [-0.2, 0) is 0 Å². The SMILES string of the molecule is CCCC(O)CNC(=O)c1ccncc1O. The molecule has 1 atom stereocenters. The molecule has 0 radical (unpaired) electrons. The van der Waals surface area contributed by atoms with Gasteiger partial charge in [0.15, 0.2) is 0 Å². The molecule has 1 aromatic rings. The molecule has 1 rings (SSSR count). The van der Waals surface area contributed by atoms with Crippen molar-refractivity contribution in [2.75, 3.05) is 6.54 Å². The van der Waals surface area contributed by atoms with E-state index in [0.29, 0.717) is 6.42 Å². The number of carbonyl (C=O) groups excluding carboxylic acids is 1. The van der Waals surface area contributed by atoms with E-state index in [2.05, 4.69) is 10.3 Å². The summed E-state index contributed by atoms with van der Waals surface area (Å²) in [5.74, 6) is -0.569. The van der Waals surface area contributed by atoms with Gasteiger partial charge in [-0.05, 0) is 12.5 Å². The summed E-state index contributed by atoms with van der Waals surface area (Å²) < 4.78 is 0. The fourth-order valence-corrected chi connectivity index (χ4v) is 1.32. The van der Waals surface area contributed by atoms with Gasteiger partial charge in [0.25, 0.3) is 5.91 Å². The number of hydrogen-bond donors (Lipinski definition) is 3. The van der Waals surface area contributed by atoms with Crippen molar-refractivity contribution in [3.05, 3.63) is 24.0 Å². The molecule has 1 amide bonds. The van der Waals surface area contributed by atoms with Crippen LogP contribution in [0.2, 0.25) is 0 Å². The molecule has 0 bridgehead atoms. The van der Waals surface area contributed by atoms with Crippen LogP contribution in [0.15, 0.2) is 18.5 Å². The van der Waals surface area contributed by atoms with Crippen molar-refractivity contribution >= 4 is 5.91 Å². The topological polar surface area (TPSA) is 82.5 Å². The van der Waals surface area contributed by atoms with Gasteiger partial charge in [-0.15, -0.1) is 0 Å². The highest BCUT2D eigenvalue weighted by Crippen LogP contribution is 2.13. The summed E-state index contributed by atoms with van der Waals surface area (Å²) >= 11 is 0. The highest BCUT2D eigenvalue weighted by molar-refractivity contribution is 5.96. The van der Waals surface area contributed by atoms with Gasteiger partial charge in [-0.25, -0.2) is 0 Å². The molecule has 0 aliphatic heterocycles. The molecule has 1 aromatic heterocycles. The first kappa shape index (κ1) is 12.4. The lowest BCUT2D eigenvalue weighted by molar-refractivity contribution is 0.0907. The second-order valence-corrected chi connectivity index (χ2v) is 3.55. The molecule has 0 aliphatic rings. The predicted octanol–water partition coefficient (Wildman–Crippen LogP) is 0.678. The summed E-state index contributed by atoms with van der Waals surface area (Å²) in [4.78, 5) is 15.2. The van der Waals surface area contributed by atoms with Crippen molar-refractivity contribution in [3.8, 4) is 5.75 Å². The Morgan fingerprint density at radius 1 is 1.62 bits per heavy atom. The zero-order chi connectivity index (χ0) is 12.0. The molecule has 0 aliphatic carbocycles. The van der Waals surface area contributed by atoms with Crippen LogP contribution in [0.4, 0.5) is 0 Å². The van der Waals surface area contributed by atoms with E-state index in [1.807, 2.05) is 6.92 Å². The van der Waals surface area contributed by atoms with E-state index < -0.39 is 12.0 Å². The van der Waals surface area contributed by atoms with Crippen LogP contribution in [0, 0.1) is 0 Å². The van der Waals surface area contributed by atoms with Gasteiger partial charge in [-0.2, -0.15) is 0 Å². The van der Waals surface area contributed by atoms with Gasteiger partial charge in [0.2, 0.25) is 0 Å². The minimum Gasteiger partial charge on any atom is -0.505 e. The van der Waals surface area contributed by atoms with Crippen LogP contribution in [-0.4, -0.2) is 33.8 Å². The van der Waals surface area contributed by atoms with E-state index in [1.54, 1.807) is 0 Å². The van der Waals surface area contributed by atoms with Crippen LogP contribution >= 0.6 is 0 Å². The van der Waals surface area contributed by atoms with Crippen molar-refractivity contribution in [2.24, 2.45) is 0 Å². The number of pyridine rings is 1. The van der Waals surface area contributed by atoms with Crippen molar-refractivity contribution in [2.45, 2.75) is 25.9 Å². The van der Waals surface area contributed by atoms with E-state index in [4.69, 9.17) is 0 Å². The largest absolute Gasteiger partial charge is 0.505 e. The van der Waals surface area contributed by atoms with Gasteiger partial charge in [-0.3, -0.25) is 9.78 Å². The maximum Gasteiger partial charge on any atom is 0.255 e. The van der Waals surface area contributed by atoms with E-state index in [0.717, 1.165) is 6.42 Å². The quantitative estimate of drug-likeness (QED) is 0.686. The van der Waals surface area contributed by atoms with Gasteiger partial charge >= 0.3 is 0 Å². The third kappa shape index (κ3) is 3.51. The monoisotopic (exact) mass is 224 g/mol. The summed E-state index contributed by atoms with van der Waals surface area (Å²) in [7, 11) is 0. The first-order chi connectivity index (χ1) is 7.65. The van der Waals surface area contributed by atoms with E-state index >= 15 is 0 Å². The van der Waals surface area contributed by atoms with Crippen molar-refractivity contribution in [3.63, 3.8) is 0 Å². The Kier molecular flexibility index (Phi) is 4.72. The normalized spacial score (nSPS) is 12.1. The van der Waals surface area contributed by atoms with Crippen molar-refractivity contribution in [1.29, 1.82) is 0 Å². The molecule has 0 spiro atoms. The lowest BCUT2D eigenvalue weighted by Gasteiger charge is -2.10. The molecule has 0 fully saturated rings. The van der Waals surface area contributed by atoms with E-state index in [1.165, 1.54) is 18.5 Å². The van der Waals surface area contributed by atoms with Crippen LogP contribution in [0.5, 0.6) is 5.75 Å². The first-order valence-electron chi connectivity index (χ1n) is 5.24. The zero-order valence-electron chi connectivity index (χ0n) is 9.18. The van der Waals surface area contributed by atoms with Crippen molar-refractivity contribution in [1.82, 2.24) is 10.3 Å². The van der Waals surface area contributed by atoms with E-state index in [9.17, 15) is 15.0 Å². The number of aliphatic hydroxyl groups excluding tert-OH is 1. The number of carbonyl (C=O) groups is 1. The second-order valence-electron chi connectivity index (χ2n) is 3.55. The standard InChI is InChI=1S/C11H16N2O3/c1-2-3-8(14)6-13-11(16)9-4-5-12-7-10(9)15/h4-5,7-8,14-15H,2-3,6H2,1H3,(H,13,16). The molecule has 88 valence electrons. The molecule has 0 saturated carbocycles. The molecule has 5 nitrogen and oxygen atoms in total. The number of aliphatic hydroxyl groups is 1. The molecule has 3 N–H and O–H groups in total. The third-order valence-corrected chi connectivity index (χ3v) is 2.16. The van der Waals surface area contributed by atoms with E-state index in [-0.39, 0.29) is 17.9 Å². The summed E-state index contributed by atoms with van der Waals surface area (Å²) in [6.45, 7) is 2.15. The Hall–Kier alpha value is -1.62. The molecular weight excluding hydrogens is 208 g/mol. The van der Waals surface area contributed by atoms with Crippen LogP contribution < -0.4 is 5.32 Å². The molecule has 0 saturated heterocycles. The molecule has 1 unspecified atom stereocenters. The Morgan fingerprint density at radius 2 is 2.38 bits per heavy atom. The third-order valence-electron chi connectivity index (χ3n) is 2.16. The summed E-state index contributed by atoms with van der Waals surface area (Å²) in [6.07, 6.45) is 3.59. The van der Waals surface area contributed by atoms with Gasteiger partial charge < -0.3 is 15.5 Å². The predicted molar refractivity (Wildman–Crippen MR) is 59.1 cm³/mol. The molecule has 16 heavy (non-hydrogen) atoms. The summed E-state index contributed by atoms with van der Waals surface area (Å²) in [5, 5.41) is 21.3. The van der Waals surface area contributed by atoms with Gasteiger partial charge in [-0.1, -0.05) is 13.3 Å². The first-order valence-corrected chi connectivity index (χ1v) is 5.24. The average molecular weight is 224 g/mol. The lowest BCUT2D eigenvalue weighted by atomic mass is 10.2. The highest BCUT2D eigenvalue weighted by Gasteiger charge is 2.11. The number of rotatable bonds is 5. The number of nitrogens with zero attached hydrogens (tertiary/aromatic N) is 1. The van der Waals surface area contributed by atoms with Crippen LogP contribution in [0.1, 0.15) is 30.1 Å². The van der Waals surface area contributed by atoms with Gasteiger partial charge in [0.05, 0.1) is 17.9 Å². The second kappa shape index (κ2) is 6.07. The minimum atomic E-state index is -0.544. The maximum atomic E-state index is 11.6. The Bertz CT molecular complexity index is 355. The molecule has 1 heterocycles. The number of amides is 1. The van der Waals surface area contributed by atoms with Crippen LogP contribution in [0.3, 0.4) is 0 Å². The number of nitrogens with one attached hydrogen (secondary N) is 1. The van der Waals surface area contributed by atoms with Gasteiger partial charge in [0, 0.05) is 12.7 Å². The van der Waals surface area contributed by atoms with Crippen LogP contribution in [0.25, 0.3) is 0 Å². The molecule has 0 aromatic carbocycles. The summed E-state index contributed by atoms with van der Waals surface area (Å²) in [6, 6.07) is 1.43. The Morgan fingerprint density at radius 3 is 3.00 bits per heavy atom. The summed E-state index contributed by atoms with van der Waals surface area (Å²) in [5.41, 5.74) is 0.165. The maximum absolute atomic E-state index is 11.6. The number of aromatic nitrogens is 1. The lowest BCUT2D eigenvalue weighted by Crippen LogP contribution is -2.32. The fraction of sp³-hybridized carbons (Fsp3) is 0.455.